The first-order valence-electron chi connectivity index (χ1n) is 6.71. The Balaban J connectivity index is 2.27. The van der Waals surface area contributed by atoms with Crippen LogP contribution in [0.2, 0.25) is 0 Å². The molecule has 0 spiro atoms. The molecular weight excluding hydrogens is 306 g/mol. The van der Waals surface area contributed by atoms with Crippen LogP contribution < -0.4 is 5.32 Å². The molecule has 0 unspecified atom stereocenters. The maximum Gasteiger partial charge on any atom is 0.337 e. The highest BCUT2D eigenvalue weighted by Crippen LogP contribution is 2.23. The molecule has 1 aromatic rings. The third-order valence-corrected chi connectivity index (χ3v) is 3.30. The smallest absolute Gasteiger partial charge is 0.337 e. The van der Waals surface area contributed by atoms with Crippen molar-refractivity contribution in [3.8, 4) is 0 Å². The van der Waals surface area contributed by atoms with E-state index in [9.17, 15) is 19.7 Å². The van der Waals surface area contributed by atoms with E-state index in [-0.39, 0.29) is 36.7 Å². The van der Waals surface area contributed by atoms with Gasteiger partial charge in [-0.3, -0.25) is 14.9 Å². The van der Waals surface area contributed by atoms with E-state index in [4.69, 9.17) is 5.11 Å². The molecule has 0 fully saturated rings. The van der Waals surface area contributed by atoms with Crippen LogP contribution in [-0.2, 0) is 14.3 Å². The number of anilines is 1. The first-order chi connectivity index (χ1) is 11.0. The zero-order valence-corrected chi connectivity index (χ0v) is 12.3. The second kappa shape index (κ2) is 6.88. The summed E-state index contributed by atoms with van der Waals surface area (Å²) in [5.74, 6) is -1.10. The highest BCUT2D eigenvalue weighted by atomic mass is 16.6. The van der Waals surface area contributed by atoms with Gasteiger partial charge < -0.3 is 20.1 Å². The number of nitrogens with one attached hydrogen (secondary N) is 1. The zero-order chi connectivity index (χ0) is 17.0. The van der Waals surface area contributed by atoms with Crippen LogP contribution in [0, 0.1) is 10.1 Å². The lowest BCUT2D eigenvalue weighted by Gasteiger charge is -2.14. The van der Waals surface area contributed by atoms with E-state index in [0.29, 0.717) is 5.69 Å². The number of methoxy groups -OCH3 is 1. The molecule has 9 heteroatoms. The average molecular weight is 321 g/mol. The molecule has 0 bridgehead atoms. The van der Waals surface area contributed by atoms with Gasteiger partial charge in [0, 0.05) is 24.4 Å². The normalized spacial score (nSPS) is 14.2. The van der Waals surface area contributed by atoms with Crippen LogP contribution in [0.3, 0.4) is 0 Å². The van der Waals surface area contributed by atoms with Crippen LogP contribution in [0.5, 0.6) is 0 Å². The van der Waals surface area contributed by atoms with Crippen molar-refractivity contribution >= 4 is 23.3 Å². The largest absolute Gasteiger partial charge is 0.466 e. The molecule has 1 heterocycles. The van der Waals surface area contributed by atoms with Gasteiger partial charge in [0.2, 0.25) is 0 Å². The topological polar surface area (TPSA) is 122 Å². The van der Waals surface area contributed by atoms with Gasteiger partial charge in [-0.25, -0.2) is 4.79 Å². The van der Waals surface area contributed by atoms with Gasteiger partial charge in [0.15, 0.2) is 0 Å². The lowest BCUT2D eigenvalue weighted by atomic mass is 10.2. The molecule has 1 aliphatic heterocycles. The third-order valence-electron chi connectivity index (χ3n) is 3.30. The molecule has 0 radical (unpaired) electrons. The maximum atomic E-state index is 12.3. The number of aliphatic hydroxyl groups excluding tert-OH is 1. The Kier molecular flexibility index (Phi) is 4.91. The summed E-state index contributed by atoms with van der Waals surface area (Å²) >= 11 is 0. The Hall–Kier alpha value is -2.94. The fourth-order valence-corrected chi connectivity index (χ4v) is 2.16. The Morgan fingerprint density at radius 3 is 2.61 bits per heavy atom. The summed E-state index contributed by atoms with van der Waals surface area (Å²) in [7, 11) is 1.21. The Morgan fingerprint density at radius 1 is 1.43 bits per heavy atom. The van der Waals surface area contributed by atoms with Crippen LogP contribution in [0.4, 0.5) is 11.4 Å². The van der Waals surface area contributed by atoms with E-state index in [0.717, 1.165) is 0 Å². The number of nitro groups is 1. The average Bonchev–Trinajstić information content (AvgIpc) is 2.84. The minimum atomic E-state index is -0.650. The number of carbonyl (C=O) groups is 2. The number of amides is 1. The lowest BCUT2D eigenvalue weighted by Crippen LogP contribution is -2.31. The number of aliphatic hydroxyl groups is 1. The first kappa shape index (κ1) is 16.4. The minimum Gasteiger partial charge on any atom is -0.466 e. The molecule has 0 aliphatic carbocycles. The summed E-state index contributed by atoms with van der Waals surface area (Å²) in [5, 5.41) is 22.4. The number of carbonyl (C=O) groups excluding carboxylic acids is 2. The predicted octanol–water partition coefficient (Wildman–Crippen LogP) is 0.268. The van der Waals surface area contributed by atoms with Crippen molar-refractivity contribution in [2.75, 3.05) is 32.1 Å². The number of esters is 1. The van der Waals surface area contributed by atoms with Crippen LogP contribution in [0.25, 0.3) is 0 Å². The van der Waals surface area contributed by atoms with Gasteiger partial charge in [-0.1, -0.05) is 0 Å². The van der Waals surface area contributed by atoms with Crippen molar-refractivity contribution in [1.29, 1.82) is 0 Å². The molecule has 1 amide bonds. The third kappa shape index (κ3) is 3.46. The number of benzene rings is 1. The summed E-state index contributed by atoms with van der Waals surface area (Å²) in [5.41, 5.74) is 0.520. The van der Waals surface area contributed by atoms with Gasteiger partial charge in [0.25, 0.3) is 11.6 Å². The SMILES string of the molecule is COC(=O)C1=C(Nc2ccc([N+](=O)[O-])cc2)C(=O)N(CCO)C1. The zero-order valence-electron chi connectivity index (χ0n) is 12.3. The van der Waals surface area contributed by atoms with Crippen molar-refractivity contribution in [3.63, 3.8) is 0 Å². The van der Waals surface area contributed by atoms with Gasteiger partial charge in [0.05, 0.1) is 30.8 Å². The van der Waals surface area contributed by atoms with E-state index in [1.807, 2.05) is 0 Å². The van der Waals surface area contributed by atoms with Crippen molar-refractivity contribution in [1.82, 2.24) is 4.90 Å². The second-order valence-corrected chi connectivity index (χ2v) is 4.72. The van der Waals surface area contributed by atoms with E-state index in [1.54, 1.807) is 0 Å². The summed E-state index contributed by atoms with van der Waals surface area (Å²) < 4.78 is 4.66. The van der Waals surface area contributed by atoms with Crippen LogP contribution in [0.1, 0.15) is 0 Å². The Labute approximate surface area is 131 Å². The number of nitrogens with zero attached hydrogens (tertiary/aromatic N) is 2. The Bertz CT molecular complexity index is 668. The van der Waals surface area contributed by atoms with Crippen LogP contribution in [0.15, 0.2) is 35.5 Å². The molecule has 0 aromatic heterocycles. The van der Waals surface area contributed by atoms with E-state index in [2.05, 4.69) is 10.1 Å². The number of hydrogen-bond donors (Lipinski definition) is 2. The summed E-state index contributed by atoms with van der Waals surface area (Å²) in [4.78, 5) is 35.5. The molecule has 0 atom stereocenters. The number of β-amino-alcohol motifs (C(OH)–C–C–N with tert-alkyl or cyclic N) is 1. The molecule has 1 aliphatic rings. The Morgan fingerprint density at radius 2 is 2.09 bits per heavy atom. The van der Waals surface area contributed by atoms with Crippen molar-refractivity contribution < 1.29 is 24.4 Å². The van der Waals surface area contributed by atoms with E-state index >= 15 is 0 Å². The standard InChI is InChI=1S/C14H15N3O6/c1-23-14(20)11-8-16(6-7-18)13(19)12(11)15-9-2-4-10(5-3-9)17(21)22/h2-5,15,18H,6-8H2,1H3. The molecule has 0 saturated heterocycles. The fourth-order valence-electron chi connectivity index (χ4n) is 2.16. The molecule has 2 N–H and O–H groups in total. The number of non-ortho nitro benzene ring substituents is 1. The predicted molar refractivity (Wildman–Crippen MR) is 79.4 cm³/mol. The second-order valence-electron chi connectivity index (χ2n) is 4.72. The van der Waals surface area contributed by atoms with Gasteiger partial charge in [-0.05, 0) is 12.1 Å². The quantitative estimate of drug-likeness (QED) is 0.438. The molecule has 0 saturated carbocycles. The van der Waals surface area contributed by atoms with Gasteiger partial charge in [0.1, 0.15) is 5.70 Å². The fraction of sp³-hybridized carbons (Fsp3) is 0.286. The van der Waals surface area contributed by atoms with Crippen molar-refractivity contribution in [3.05, 3.63) is 45.6 Å². The van der Waals surface area contributed by atoms with Gasteiger partial charge in [-0.2, -0.15) is 0 Å². The summed E-state index contributed by atoms with van der Waals surface area (Å²) in [6.07, 6.45) is 0. The number of hydrogen-bond acceptors (Lipinski definition) is 7. The van der Waals surface area contributed by atoms with Crippen molar-refractivity contribution in [2.24, 2.45) is 0 Å². The first-order valence-corrected chi connectivity index (χ1v) is 6.71. The van der Waals surface area contributed by atoms with Gasteiger partial charge in [-0.15, -0.1) is 0 Å². The number of rotatable bonds is 6. The van der Waals surface area contributed by atoms with Crippen molar-refractivity contribution in [2.45, 2.75) is 0 Å². The van der Waals surface area contributed by atoms with Crippen LogP contribution >= 0.6 is 0 Å². The minimum absolute atomic E-state index is 0.0291. The van der Waals surface area contributed by atoms with E-state index in [1.165, 1.54) is 36.3 Å². The monoisotopic (exact) mass is 321 g/mol. The molecule has 2 rings (SSSR count). The molecule has 9 nitrogen and oxygen atoms in total. The molecule has 1 aromatic carbocycles. The van der Waals surface area contributed by atoms with Crippen LogP contribution in [-0.4, -0.2) is 53.6 Å². The molecule has 122 valence electrons. The van der Waals surface area contributed by atoms with E-state index < -0.39 is 16.8 Å². The number of ether oxygens (including phenoxy) is 1. The maximum absolute atomic E-state index is 12.3. The highest BCUT2D eigenvalue weighted by Gasteiger charge is 2.34. The summed E-state index contributed by atoms with van der Waals surface area (Å²) in [6.45, 7) is -0.114. The molecular formula is C14H15N3O6. The van der Waals surface area contributed by atoms with Gasteiger partial charge >= 0.3 is 5.97 Å². The number of nitro benzene ring substituents is 1. The highest BCUT2D eigenvalue weighted by molar-refractivity contribution is 6.08. The lowest BCUT2D eigenvalue weighted by molar-refractivity contribution is -0.384. The summed E-state index contributed by atoms with van der Waals surface area (Å²) in [6, 6.07) is 5.43. The molecule has 23 heavy (non-hydrogen) atoms.